The molecule has 2 heterocycles. The summed E-state index contributed by atoms with van der Waals surface area (Å²) in [5, 5.41) is 17.8. The molecule has 4 amide bonds. The van der Waals surface area contributed by atoms with Gasteiger partial charge in [-0.1, -0.05) is 20.8 Å². The third-order valence-electron chi connectivity index (χ3n) is 8.54. The molecule has 2 aliphatic heterocycles. The number of carbonyl (C=O) groups is 4. The highest BCUT2D eigenvalue weighted by Crippen LogP contribution is 2.58. The molecule has 4 fully saturated rings. The number of carbonyl (C=O) groups excluding carboxylic acids is 4. The van der Waals surface area contributed by atoms with Crippen molar-refractivity contribution in [3.05, 3.63) is 0 Å². The van der Waals surface area contributed by atoms with Crippen molar-refractivity contribution in [2.75, 3.05) is 20.2 Å². The van der Waals surface area contributed by atoms with E-state index in [4.69, 9.17) is 4.74 Å². The van der Waals surface area contributed by atoms with Gasteiger partial charge in [0, 0.05) is 19.0 Å². The summed E-state index contributed by atoms with van der Waals surface area (Å²) in [7, 11) is 1.21. The minimum atomic E-state index is -1.03. The third kappa shape index (κ3) is 4.74. The summed E-state index contributed by atoms with van der Waals surface area (Å²) in [6, 6.07) is -0.757. The molecule has 0 aromatic carbocycles. The molecule has 10 nitrogen and oxygen atoms in total. The number of likely N-dealkylation sites (tertiary alicyclic amines) is 1. The van der Waals surface area contributed by atoms with E-state index < -0.39 is 47.6 Å². The molecule has 0 spiro atoms. The monoisotopic (exact) mass is 505 g/mol. The van der Waals surface area contributed by atoms with E-state index in [-0.39, 0.29) is 41.9 Å². The first kappa shape index (κ1) is 26.2. The van der Waals surface area contributed by atoms with Gasteiger partial charge in [-0.05, 0) is 54.8 Å². The lowest BCUT2D eigenvalue weighted by molar-refractivity contribution is -0.143. The van der Waals surface area contributed by atoms with E-state index in [1.54, 1.807) is 20.8 Å². The number of alkyl halides is 1. The number of alkyl carbamates (subject to hydrolysis) is 1. The van der Waals surface area contributed by atoms with Crippen molar-refractivity contribution in [1.82, 2.24) is 20.9 Å². The Morgan fingerprint density at radius 1 is 1.25 bits per heavy atom. The number of fused-ring (bicyclic) bond motifs is 5. The van der Waals surface area contributed by atoms with Crippen molar-refractivity contribution in [3.8, 4) is 6.07 Å². The maximum Gasteiger partial charge on any atom is 0.407 e. The Morgan fingerprint density at radius 3 is 2.56 bits per heavy atom. The van der Waals surface area contributed by atoms with Gasteiger partial charge in [0.05, 0.1) is 13.2 Å². The second-order valence-electron chi connectivity index (χ2n) is 11.7. The maximum absolute atomic E-state index is 14.8. The van der Waals surface area contributed by atoms with Gasteiger partial charge in [-0.15, -0.1) is 0 Å². The molecule has 2 saturated heterocycles. The number of hydrogen-bond donors (Lipinski definition) is 3. The topological polar surface area (TPSA) is 141 Å². The molecule has 4 aliphatic rings. The number of nitriles is 1. The molecule has 0 aromatic heterocycles. The van der Waals surface area contributed by atoms with Crippen LogP contribution in [0.3, 0.4) is 0 Å². The zero-order valence-corrected chi connectivity index (χ0v) is 21.3. The number of halogens is 1. The zero-order chi connectivity index (χ0) is 26.4. The van der Waals surface area contributed by atoms with Crippen LogP contribution < -0.4 is 16.0 Å². The van der Waals surface area contributed by atoms with Crippen LogP contribution in [0.4, 0.5) is 9.18 Å². The molecular weight excluding hydrogens is 469 g/mol. The number of amides is 4. The molecule has 0 radical (unpaired) electrons. The van der Waals surface area contributed by atoms with Crippen LogP contribution in [-0.4, -0.2) is 73.2 Å². The van der Waals surface area contributed by atoms with E-state index in [1.807, 2.05) is 0 Å². The molecule has 0 unspecified atom stereocenters. The Balaban J connectivity index is 1.59. The number of ether oxygens (including phenoxy) is 1. The quantitative estimate of drug-likeness (QED) is 0.494. The highest BCUT2D eigenvalue weighted by atomic mass is 19.1. The van der Waals surface area contributed by atoms with E-state index in [9.17, 15) is 28.8 Å². The number of hydrogen-bond acceptors (Lipinski definition) is 6. The molecule has 2 saturated carbocycles. The lowest BCUT2D eigenvalue weighted by atomic mass is 9.77. The van der Waals surface area contributed by atoms with Crippen molar-refractivity contribution in [2.45, 2.75) is 70.8 Å². The summed E-state index contributed by atoms with van der Waals surface area (Å²) < 4.78 is 19.5. The average molecular weight is 506 g/mol. The molecule has 36 heavy (non-hydrogen) atoms. The van der Waals surface area contributed by atoms with Crippen molar-refractivity contribution in [2.24, 2.45) is 35.0 Å². The summed E-state index contributed by atoms with van der Waals surface area (Å²) in [4.78, 5) is 53.0. The van der Waals surface area contributed by atoms with Crippen molar-refractivity contribution >= 4 is 23.8 Å². The Hall–Kier alpha value is -2.90. The number of nitrogens with one attached hydrogen (secondary N) is 3. The lowest BCUT2D eigenvalue weighted by Gasteiger charge is -2.37. The zero-order valence-electron chi connectivity index (χ0n) is 21.3. The van der Waals surface area contributed by atoms with Crippen LogP contribution in [0.25, 0.3) is 0 Å². The largest absolute Gasteiger partial charge is 0.453 e. The number of rotatable bonds is 6. The number of nitrogens with zero attached hydrogens (tertiary/aromatic N) is 2. The molecule has 11 heteroatoms. The fourth-order valence-corrected chi connectivity index (χ4v) is 6.81. The minimum Gasteiger partial charge on any atom is -0.453 e. The van der Waals surface area contributed by atoms with Gasteiger partial charge in [0.25, 0.3) is 0 Å². The van der Waals surface area contributed by atoms with Gasteiger partial charge >= 0.3 is 6.09 Å². The van der Waals surface area contributed by atoms with E-state index >= 15 is 0 Å². The molecule has 4 rings (SSSR count). The first-order chi connectivity index (χ1) is 17.0. The molecule has 9 atom stereocenters. The summed E-state index contributed by atoms with van der Waals surface area (Å²) in [5.41, 5.74) is -0.684. The van der Waals surface area contributed by atoms with Gasteiger partial charge in [0.1, 0.15) is 24.3 Å². The normalized spacial score (nSPS) is 34.4. The fraction of sp³-hybridized carbons (Fsp3) is 0.800. The summed E-state index contributed by atoms with van der Waals surface area (Å²) in [5.74, 6) is -2.03. The predicted molar refractivity (Wildman–Crippen MR) is 126 cm³/mol. The smallest absolute Gasteiger partial charge is 0.407 e. The number of methoxy groups -OCH3 is 1. The molecule has 198 valence electrons. The van der Waals surface area contributed by atoms with Crippen LogP contribution in [0.1, 0.15) is 46.5 Å². The molecule has 2 bridgehead atoms. The Morgan fingerprint density at radius 2 is 1.97 bits per heavy atom. The summed E-state index contributed by atoms with van der Waals surface area (Å²) >= 11 is 0. The maximum atomic E-state index is 14.8. The van der Waals surface area contributed by atoms with Gasteiger partial charge in [-0.25, -0.2) is 9.18 Å². The highest BCUT2D eigenvalue weighted by molar-refractivity contribution is 5.93. The Bertz CT molecular complexity index is 961. The minimum absolute atomic E-state index is 0.0124. The van der Waals surface area contributed by atoms with Crippen LogP contribution in [0.5, 0.6) is 0 Å². The van der Waals surface area contributed by atoms with Gasteiger partial charge < -0.3 is 25.6 Å². The van der Waals surface area contributed by atoms with Crippen LogP contribution in [-0.2, 0) is 19.1 Å². The Kier molecular flexibility index (Phi) is 7.17. The lowest BCUT2D eigenvalue weighted by Crippen LogP contribution is -2.59. The van der Waals surface area contributed by atoms with E-state index in [0.717, 1.165) is 0 Å². The van der Waals surface area contributed by atoms with Gasteiger partial charge in [-0.2, -0.15) is 5.26 Å². The predicted octanol–water partition coefficient (Wildman–Crippen LogP) is 1.11. The third-order valence-corrected chi connectivity index (χ3v) is 8.54. The van der Waals surface area contributed by atoms with Crippen LogP contribution >= 0.6 is 0 Å². The van der Waals surface area contributed by atoms with Gasteiger partial charge in [0.2, 0.25) is 17.7 Å². The second-order valence-corrected chi connectivity index (χ2v) is 11.7. The van der Waals surface area contributed by atoms with Gasteiger partial charge in [0.15, 0.2) is 0 Å². The molecule has 0 aromatic rings. The van der Waals surface area contributed by atoms with Crippen molar-refractivity contribution < 1.29 is 28.3 Å². The second kappa shape index (κ2) is 9.87. The average Bonchev–Trinajstić information content (AvgIpc) is 3.57. The van der Waals surface area contributed by atoms with Crippen molar-refractivity contribution in [3.63, 3.8) is 0 Å². The fourth-order valence-electron chi connectivity index (χ4n) is 6.81. The highest BCUT2D eigenvalue weighted by Gasteiger charge is 2.63. The van der Waals surface area contributed by atoms with Crippen LogP contribution in [0.2, 0.25) is 0 Å². The van der Waals surface area contributed by atoms with E-state index in [1.165, 1.54) is 12.0 Å². The first-order valence-corrected chi connectivity index (χ1v) is 12.7. The Labute approximate surface area is 210 Å². The van der Waals surface area contributed by atoms with Crippen LogP contribution in [0, 0.1) is 46.3 Å². The molecule has 2 aliphatic carbocycles. The first-order valence-electron chi connectivity index (χ1n) is 12.7. The van der Waals surface area contributed by atoms with Gasteiger partial charge in [-0.3, -0.25) is 14.4 Å². The van der Waals surface area contributed by atoms with E-state index in [2.05, 4.69) is 22.0 Å². The van der Waals surface area contributed by atoms with Crippen molar-refractivity contribution in [1.29, 1.82) is 5.26 Å². The standard InChI is InChI=1S/C25H36FN5O5/c1-25(2,3)20(30-24(35)36-4)23(34)31-11-16-13-8-15(17(26)9-13)18(16)19(31)22(33)29-14(10-27)7-12-5-6-28-21(12)32/h12-20H,5-9,11H2,1-4H3,(H,28,32)(H,29,33)(H,30,35)/t12-,13-,14-,15+,16+,17+,18-,19-,20+/m0/s1. The molecular formula is C25H36FN5O5. The summed E-state index contributed by atoms with van der Waals surface area (Å²) in [6.07, 6.45) is 0.104. The summed E-state index contributed by atoms with van der Waals surface area (Å²) in [6.45, 7) is 6.24. The van der Waals surface area contributed by atoms with E-state index in [0.29, 0.717) is 32.4 Å². The molecule has 3 N–H and O–H groups in total. The SMILES string of the molecule is COC(=O)N[C@H](C(=O)N1C[C@@H]2[C@H]3C[C@@H]([C@@H]2[C@H]1C(=O)N[C@H](C#N)C[C@@H]1CCNC1=O)[C@H](F)C3)C(C)(C)C. The van der Waals surface area contributed by atoms with Crippen LogP contribution in [0.15, 0.2) is 0 Å².